The molecule has 1 aromatic rings. The van der Waals surface area contributed by atoms with E-state index < -0.39 is 59.1 Å². The number of fused-ring (bicyclic) bond motifs is 1. The van der Waals surface area contributed by atoms with Crippen LogP contribution in [0.25, 0.3) is 0 Å². The molecule has 44 heavy (non-hydrogen) atoms. The highest BCUT2D eigenvalue weighted by Crippen LogP contribution is 2.65. The van der Waals surface area contributed by atoms with Crippen molar-refractivity contribution in [2.75, 3.05) is 6.54 Å². The lowest BCUT2D eigenvalue weighted by Gasteiger charge is -2.38. The highest BCUT2D eigenvalue weighted by Gasteiger charge is 2.70. The third-order valence-corrected chi connectivity index (χ3v) is 10.3. The van der Waals surface area contributed by atoms with Gasteiger partial charge in [-0.2, -0.15) is 0 Å². The van der Waals surface area contributed by atoms with Gasteiger partial charge >= 0.3 is 6.03 Å². The number of carbonyl (C=O) groups is 6. The number of nitrogens with two attached hydrogens (primary N) is 1. The molecule has 6 atom stereocenters. The van der Waals surface area contributed by atoms with E-state index in [1.807, 2.05) is 55.4 Å². The monoisotopic (exact) mass is 630 g/mol. The summed E-state index contributed by atoms with van der Waals surface area (Å²) in [5, 5.41) is 8.59. The molecule has 0 spiro atoms. The zero-order chi connectivity index (χ0) is 32.9. The molecular formula is C31H46N6O6S. The summed E-state index contributed by atoms with van der Waals surface area (Å²) in [5.74, 6) is -3.27. The minimum Gasteiger partial charge on any atom is -0.363 e. The molecule has 2 saturated carbocycles. The van der Waals surface area contributed by atoms with Crippen LogP contribution in [0.4, 0.5) is 4.79 Å². The molecule has 1 aromatic heterocycles. The summed E-state index contributed by atoms with van der Waals surface area (Å²) in [6.07, 6.45) is 3.76. The van der Waals surface area contributed by atoms with Crippen molar-refractivity contribution in [2.24, 2.45) is 40.2 Å². The first kappa shape index (κ1) is 33.5. The van der Waals surface area contributed by atoms with Crippen LogP contribution in [-0.4, -0.2) is 75.9 Å². The van der Waals surface area contributed by atoms with Crippen LogP contribution in [0.3, 0.4) is 0 Å². The molecule has 12 nitrogen and oxygen atoms in total. The molecule has 0 aromatic carbocycles. The Kier molecular flexibility index (Phi) is 9.31. The third kappa shape index (κ3) is 6.97. The van der Waals surface area contributed by atoms with Crippen molar-refractivity contribution in [1.29, 1.82) is 0 Å². The average Bonchev–Trinajstić information content (AvgIpc) is 3.67. The Morgan fingerprint density at radius 3 is 2.23 bits per heavy atom. The summed E-state index contributed by atoms with van der Waals surface area (Å²) in [6, 6.07) is -4.49. The first-order chi connectivity index (χ1) is 20.3. The number of aryl methyl sites for hydroxylation is 1. The number of urea groups is 1. The first-order valence-electron chi connectivity index (χ1n) is 15.3. The predicted molar refractivity (Wildman–Crippen MR) is 164 cm³/mol. The van der Waals surface area contributed by atoms with E-state index in [0.29, 0.717) is 18.0 Å². The molecule has 1 unspecified atom stereocenters. The summed E-state index contributed by atoms with van der Waals surface area (Å²) in [5.41, 5.74) is 4.33. The second-order valence-electron chi connectivity index (χ2n) is 14.6. The Bertz CT molecular complexity index is 1350. The van der Waals surface area contributed by atoms with Gasteiger partial charge in [-0.1, -0.05) is 61.3 Å². The SMILES string of the molecule is Cc1cnc(C(=O)[C@@H](NC(=O)N[C@H](C(=O)N2C[C@H]3[C@@H]([C@H]2C(=O)NC(CC2CC2)C(=O)C(N)=O)C3(C)C)C(C)(C)C)C(C)C)s1. The summed E-state index contributed by atoms with van der Waals surface area (Å²) in [6.45, 7) is 15.3. The molecule has 2 aliphatic carbocycles. The van der Waals surface area contributed by atoms with Gasteiger partial charge in [-0.25, -0.2) is 9.78 Å². The van der Waals surface area contributed by atoms with E-state index in [0.717, 1.165) is 17.7 Å². The van der Waals surface area contributed by atoms with Gasteiger partial charge in [-0.15, -0.1) is 11.3 Å². The van der Waals surface area contributed by atoms with Crippen molar-refractivity contribution in [3.63, 3.8) is 0 Å². The fourth-order valence-corrected chi connectivity index (χ4v) is 7.17. The van der Waals surface area contributed by atoms with Gasteiger partial charge in [0.15, 0.2) is 5.01 Å². The lowest BCUT2D eigenvalue weighted by molar-refractivity contribution is -0.145. The average molecular weight is 631 g/mol. The van der Waals surface area contributed by atoms with Crippen LogP contribution in [0.1, 0.15) is 82.4 Å². The van der Waals surface area contributed by atoms with Gasteiger partial charge in [0.2, 0.25) is 23.4 Å². The first-order valence-corrected chi connectivity index (χ1v) is 16.1. The molecule has 4 rings (SSSR count). The molecule has 3 aliphatic rings. The highest BCUT2D eigenvalue weighted by atomic mass is 32.1. The van der Waals surface area contributed by atoms with Gasteiger partial charge < -0.3 is 26.6 Å². The zero-order valence-electron chi connectivity index (χ0n) is 26.9. The van der Waals surface area contributed by atoms with Gasteiger partial charge in [0, 0.05) is 17.6 Å². The predicted octanol–water partition coefficient (Wildman–Crippen LogP) is 2.20. The summed E-state index contributed by atoms with van der Waals surface area (Å²) in [4.78, 5) is 85.3. The molecule has 5 amide bonds. The number of nitrogens with zero attached hydrogens (tertiary/aromatic N) is 2. The number of hydrogen-bond acceptors (Lipinski definition) is 8. The van der Waals surface area contributed by atoms with Crippen LogP contribution in [0.2, 0.25) is 0 Å². The fourth-order valence-electron chi connectivity index (χ4n) is 6.43. The molecule has 3 fully saturated rings. The molecular weight excluding hydrogens is 584 g/mol. The Morgan fingerprint density at radius 2 is 1.73 bits per heavy atom. The Labute approximate surface area is 262 Å². The van der Waals surface area contributed by atoms with Gasteiger partial charge in [0.1, 0.15) is 12.1 Å². The molecule has 242 valence electrons. The third-order valence-electron chi connectivity index (χ3n) is 9.36. The minimum absolute atomic E-state index is 0.0649. The molecule has 1 saturated heterocycles. The van der Waals surface area contributed by atoms with Crippen LogP contribution in [0.5, 0.6) is 0 Å². The Balaban J connectivity index is 1.53. The number of piperidine rings is 1. The number of thiazole rings is 1. The summed E-state index contributed by atoms with van der Waals surface area (Å²) in [7, 11) is 0. The number of rotatable bonds is 12. The zero-order valence-corrected chi connectivity index (χ0v) is 27.7. The molecule has 2 heterocycles. The van der Waals surface area contributed by atoms with Crippen LogP contribution in [0.15, 0.2) is 6.20 Å². The fraction of sp³-hybridized carbons (Fsp3) is 0.710. The van der Waals surface area contributed by atoms with Crippen molar-refractivity contribution in [1.82, 2.24) is 25.8 Å². The molecule has 13 heteroatoms. The van der Waals surface area contributed by atoms with Crippen molar-refractivity contribution < 1.29 is 28.8 Å². The quantitative estimate of drug-likeness (QED) is 0.202. The van der Waals surface area contributed by atoms with Crippen LogP contribution >= 0.6 is 11.3 Å². The number of likely N-dealkylation sites (tertiary alicyclic amines) is 1. The van der Waals surface area contributed by atoms with Crippen molar-refractivity contribution >= 4 is 46.7 Å². The second-order valence-corrected chi connectivity index (χ2v) is 15.9. The topological polar surface area (TPSA) is 181 Å². The number of ketones is 2. The van der Waals surface area contributed by atoms with E-state index in [9.17, 15) is 28.8 Å². The van der Waals surface area contributed by atoms with E-state index in [2.05, 4.69) is 20.9 Å². The van der Waals surface area contributed by atoms with Crippen LogP contribution in [0, 0.1) is 41.4 Å². The number of hydrogen-bond donors (Lipinski definition) is 4. The van der Waals surface area contributed by atoms with E-state index in [4.69, 9.17) is 5.73 Å². The van der Waals surface area contributed by atoms with Gasteiger partial charge in [-0.3, -0.25) is 24.0 Å². The molecule has 1 aliphatic heterocycles. The smallest absolute Gasteiger partial charge is 0.316 e. The second kappa shape index (κ2) is 12.2. The lowest BCUT2D eigenvalue weighted by Crippen LogP contribution is -2.62. The van der Waals surface area contributed by atoms with Gasteiger partial charge in [0.05, 0.1) is 12.1 Å². The number of primary amides is 1. The highest BCUT2D eigenvalue weighted by molar-refractivity contribution is 7.13. The largest absolute Gasteiger partial charge is 0.363 e. The maximum Gasteiger partial charge on any atom is 0.316 e. The van der Waals surface area contributed by atoms with Gasteiger partial charge in [-0.05, 0) is 47.8 Å². The molecule has 5 N–H and O–H groups in total. The Morgan fingerprint density at radius 1 is 1.09 bits per heavy atom. The van der Waals surface area contributed by atoms with Crippen molar-refractivity contribution in [2.45, 2.75) is 98.8 Å². The van der Waals surface area contributed by atoms with Crippen LogP contribution < -0.4 is 21.7 Å². The lowest BCUT2D eigenvalue weighted by atomic mass is 9.85. The number of amides is 5. The van der Waals surface area contributed by atoms with E-state index in [1.54, 1.807) is 6.20 Å². The Hall–Kier alpha value is -3.35. The number of Topliss-reactive ketones (excluding diaryl/α,β-unsaturated/α-hetero) is 2. The standard InChI is InChI=1S/C31H46N6O6S/c1-14(2)20(23(39)27-33-12-15(3)44-27)35-29(43)36-24(30(4,5)6)28(42)37-13-17-19(31(17,7)8)21(37)26(41)34-18(11-16-9-10-16)22(38)25(32)40/h12,14,16-21,24H,9-11,13H2,1-8H3,(H2,32,40)(H,34,41)(H2,35,36,43)/t17-,18?,19-,20-,21-,24+/m0/s1. The van der Waals surface area contributed by atoms with E-state index in [1.165, 1.54) is 16.2 Å². The van der Waals surface area contributed by atoms with E-state index >= 15 is 0 Å². The van der Waals surface area contributed by atoms with Crippen molar-refractivity contribution in [3.05, 3.63) is 16.1 Å². The normalized spacial score (nSPS) is 24.1. The molecule has 0 bridgehead atoms. The van der Waals surface area contributed by atoms with Gasteiger partial charge in [0.25, 0.3) is 5.91 Å². The number of carbonyl (C=O) groups excluding carboxylic acids is 6. The summed E-state index contributed by atoms with van der Waals surface area (Å²) >= 11 is 1.25. The maximum absolute atomic E-state index is 14.2. The van der Waals surface area contributed by atoms with Crippen molar-refractivity contribution in [3.8, 4) is 0 Å². The molecule has 0 radical (unpaired) electrons. The maximum atomic E-state index is 14.2. The minimum atomic E-state index is -1.11. The van der Waals surface area contributed by atoms with E-state index in [-0.39, 0.29) is 34.9 Å². The number of nitrogens with one attached hydrogen (secondary N) is 3. The number of aromatic nitrogens is 1. The summed E-state index contributed by atoms with van der Waals surface area (Å²) < 4.78 is 0. The van der Waals surface area contributed by atoms with Crippen LogP contribution in [-0.2, 0) is 19.2 Å².